The van der Waals surface area contributed by atoms with Crippen LogP contribution in [0.25, 0.3) is 10.9 Å². The summed E-state index contributed by atoms with van der Waals surface area (Å²) in [7, 11) is 0. The minimum Gasteiger partial charge on any atom is -0.335 e. The van der Waals surface area contributed by atoms with E-state index in [0.29, 0.717) is 6.04 Å². The van der Waals surface area contributed by atoms with Crippen molar-refractivity contribution in [1.82, 2.24) is 4.57 Å². The van der Waals surface area contributed by atoms with Crippen molar-refractivity contribution in [3.05, 3.63) is 71.4 Å². The third-order valence-electron chi connectivity index (χ3n) is 6.38. The van der Waals surface area contributed by atoms with Crippen molar-refractivity contribution in [1.29, 1.82) is 0 Å². The first-order valence-electron chi connectivity index (χ1n) is 9.80. The number of para-hydroxylation sites is 1. The van der Waals surface area contributed by atoms with E-state index in [1.807, 2.05) is 4.90 Å². The molecule has 3 heterocycles. The average Bonchev–Trinajstić information content (AvgIpc) is 2.97. The molecule has 25 heavy (non-hydrogen) atoms. The Balaban J connectivity index is 1.67. The van der Waals surface area contributed by atoms with Crippen LogP contribution in [0.4, 0.5) is 0 Å². The lowest BCUT2D eigenvalue weighted by Gasteiger charge is -2.39. The molecule has 2 aliphatic rings. The lowest BCUT2D eigenvalue weighted by Crippen LogP contribution is -3.14. The van der Waals surface area contributed by atoms with Gasteiger partial charge < -0.3 is 9.47 Å². The highest BCUT2D eigenvalue weighted by molar-refractivity contribution is 5.86. The van der Waals surface area contributed by atoms with Crippen molar-refractivity contribution in [3.8, 4) is 0 Å². The number of fused-ring (bicyclic) bond motifs is 5. The van der Waals surface area contributed by atoms with Gasteiger partial charge in [-0.3, -0.25) is 0 Å². The van der Waals surface area contributed by atoms with Gasteiger partial charge in [-0.15, -0.1) is 0 Å². The summed E-state index contributed by atoms with van der Waals surface area (Å²) < 4.78 is 2.64. The van der Waals surface area contributed by atoms with Crippen LogP contribution in [0.15, 0.2) is 54.6 Å². The second-order valence-corrected chi connectivity index (χ2v) is 8.05. The average molecular weight is 331 g/mol. The lowest BCUT2D eigenvalue weighted by atomic mass is 9.87. The van der Waals surface area contributed by atoms with Gasteiger partial charge in [0.15, 0.2) is 0 Å². The Labute approximate surface area is 150 Å². The molecule has 3 atom stereocenters. The molecule has 2 aromatic carbocycles. The van der Waals surface area contributed by atoms with Crippen molar-refractivity contribution >= 4 is 10.9 Å². The fourth-order valence-electron chi connectivity index (χ4n) is 5.23. The molecule has 1 saturated heterocycles. The van der Waals surface area contributed by atoms with E-state index in [0.717, 1.165) is 12.5 Å². The summed E-state index contributed by atoms with van der Waals surface area (Å²) >= 11 is 0. The number of nitrogens with one attached hydrogen (secondary N) is 1. The van der Waals surface area contributed by atoms with Gasteiger partial charge in [-0.1, -0.05) is 55.5 Å². The summed E-state index contributed by atoms with van der Waals surface area (Å²) in [5, 5.41) is 1.49. The SMILES string of the molecule is C[C@@H]1CC[C@H]2c3c(c4ccccc4n3Cc3ccccc3)CC[NH+]2C1. The summed E-state index contributed by atoms with van der Waals surface area (Å²) in [4.78, 5) is 1.82. The summed E-state index contributed by atoms with van der Waals surface area (Å²) in [6, 6.07) is 20.7. The summed E-state index contributed by atoms with van der Waals surface area (Å²) in [5.41, 5.74) is 6.10. The normalized spacial score (nSPS) is 25.6. The Morgan fingerprint density at radius 1 is 1.00 bits per heavy atom. The minimum atomic E-state index is 0.691. The standard InChI is InChI=1S/C23H26N2/c1-17-11-12-22-23-20(13-14-24(22)15-17)19-9-5-6-10-21(19)25(23)16-18-7-3-2-4-8-18/h2-10,17,22H,11-16H2,1H3/p+1/t17-,22+/m1/s1. The third kappa shape index (κ3) is 2.51. The van der Waals surface area contributed by atoms with E-state index in [1.165, 1.54) is 48.8 Å². The first-order valence-corrected chi connectivity index (χ1v) is 9.80. The molecule has 0 bridgehead atoms. The quantitative estimate of drug-likeness (QED) is 0.735. The predicted octanol–water partition coefficient (Wildman–Crippen LogP) is 3.60. The molecule has 0 amide bonds. The molecule has 0 saturated carbocycles. The molecule has 0 spiro atoms. The van der Waals surface area contributed by atoms with Crippen LogP contribution in [0.3, 0.4) is 0 Å². The van der Waals surface area contributed by atoms with E-state index in [1.54, 1.807) is 11.3 Å². The van der Waals surface area contributed by atoms with Crippen molar-refractivity contribution in [2.75, 3.05) is 13.1 Å². The monoisotopic (exact) mass is 331 g/mol. The van der Waals surface area contributed by atoms with Gasteiger partial charge in [0.1, 0.15) is 6.04 Å². The van der Waals surface area contributed by atoms with Gasteiger partial charge in [0.05, 0.1) is 18.8 Å². The summed E-state index contributed by atoms with van der Waals surface area (Å²) in [5.74, 6) is 0.875. The highest BCUT2D eigenvalue weighted by atomic mass is 15.2. The van der Waals surface area contributed by atoms with Crippen LogP contribution in [0, 0.1) is 5.92 Å². The van der Waals surface area contributed by atoms with Crippen LogP contribution in [0.1, 0.15) is 42.6 Å². The Hall–Kier alpha value is -2.06. The van der Waals surface area contributed by atoms with Gasteiger partial charge in [-0.05, 0) is 23.6 Å². The van der Waals surface area contributed by atoms with Gasteiger partial charge in [0, 0.05) is 36.2 Å². The van der Waals surface area contributed by atoms with E-state index < -0.39 is 0 Å². The zero-order valence-electron chi connectivity index (χ0n) is 15.0. The van der Waals surface area contributed by atoms with E-state index in [4.69, 9.17) is 0 Å². The fraction of sp³-hybridized carbons (Fsp3) is 0.391. The molecule has 2 heteroatoms. The van der Waals surface area contributed by atoms with Crippen molar-refractivity contribution in [2.45, 2.75) is 38.8 Å². The van der Waals surface area contributed by atoms with Crippen molar-refractivity contribution in [3.63, 3.8) is 0 Å². The van der Waals surface area contributed by atoms with E-state index in [-0.39, 0.29) is 0 Å². The summed E-state index contributed by atoms with van der Waals surface area (Å²) in [6.07, 6.45) is 3.95. The van der Waals surface area contributed by atoms with Crippen LogP contribution in [0.2, 0.25) is 0 Å². The molecule has 128 valence electrons. The maximum absolute atomic E-state index is 2.64. The molecule has 3 aromatic rings. The number of rotatable bonds is 2. The molecule has 0 radical (unpaired) electrons. The van der Waals surface area contributed by atoms with Gasteiger partial charge >= 0.3 is 0 Å². The smallest absolute Gasteiger partial charge is 0.129 e. The van der Waals surface area contributed by atoms with Gasteiger partial charge in [-0.2, -0.15) is 0 Å². The molecular formula is C23H27N2+. The first kappa shape index (κ1) is 15.2. The lowest BCUT2D eigenvalue weighted by molar-refractivity contribution is -0.943. The number of nitrogens with zero attached hydrogens (tertiary/aromatic N) is 1. The molecular weight excluding hydrogens is 304 g/mol. The zero-order chi connectivity index (χ0) is 16.8. The predicted molar refractivity (Wildman–Crippen MR) is 103 cm³/mol. The highest BCUT2D eigenvalue weighted by Gasteiger charge is 2.39. The summed E-state index contributed by atoms with van der Waals surface area (Å²) in [6.45, 7) is 6.08. The zero-order valence-corrected chi connectivity index (χ0v) is 15.0. The van der Waals surface area contributed by atoms with Gasteiger partial charge in [-0.25, -0.2) is 0 Å². The number of aromatic nitrogens is 1. The molecule has 1 aromatic heterocycles. The molecule has 0 aliphatic carbocycles. The van der Waals surface area contributed by atoms with Gasteiger partial charge in [0.2, 0.25) is 0 Å². The second kappa shape index (κ2) is 6.03. The van der Waals surface area contributed by atoms with Crippen LogP contribution in [0.5, 0.6) is 0 Å². The maximum Gasteiger partial charge on any atom is 0.129 e. The number of piperidine rings is 1. The Morgan fingerprint density at radius 3 is 2.68 bits per heavy atom. The third-order valence-corrected chi connectivity index (χ3v) is 6.38. The Kier molecular flexibility index (Phi) is 3.67. The minimum absolute atomic E-state index is 0.691. The number of benzene rings is 2. The van der Waals surface area contributed by atoms with Crippen molar-refractivity contribution < 1.29 is 4.90 Å². The van der Waals surface area contributed by atoms with Gasteiger partial charge in [0.25, 0.3) is 0 Å². The second-order valence-electron chi connectivity index (χ2n) is 8.05. The van der Waals surface area contributed by atoms with Crippen LogP contribution >= 0.6 is 0 Å². The van der Waals surface area contributed by atoms with Crippen LogP contribution in [-0.2, 0) is 13.0 Å². The topological polar surface area (TPSA) is 9.37 Å². The molecule has 1 fully saturated rings. The van der Waals surface area contributed by atoms with E-state index in [9.17, 15) is 0 Å². The molecule has 1 N–H and O–H groups in total. The van der Waals surface area contributed by atoms with E-state index >= 15 is 0 Å². The Bertz CT molecular complexity index is 893. The molecule has 5 rings (SSSR count). The number of hydrogen-bond donors (Lipinski definition) is 1. The first-order chi connectivity index (χ1) is 12.3. The molecule has 2 nitrogen and oxygen atoms in total. The highest BCUT2D eigenvalue weighted by Crippen LogP contribution is 2.35. The Morgan fingerprint density at radius 2 is 1.80 bits per heavy atom. The van der Waals surface area contributed by atoms with Crippen LogP contribution < -0.4 is 4.90 Å². The molecule has 1 unspecified atom stereocenters. The molecule has 2 aliphatic heterocycles. The van der Waals surface area contributed by atoms with Crippen LogP contribution in [-0.4, -0.2) is 17.7 Å². The number of hydrogen-bond acceptors (Lipinski definition) is 0. The van der Waals surface area contributed by atoms with E-state index in [2.05, 4.69) is 66.1 Å². The van der Waals surface area contributed by atoms with Crippen molar-refractivity contribution in [2.24, 2.45) is 5.92 Å². The largest absolute Gasteiger partial charge is 0.335 e. The maximum atomic E-state index is 2.64. The number of quaternary nitrogens is 1. The fourth-order valence-corrected chi connectivity index (χ4v) is 5.23.